The molecule has 0 N–H and O–H groups in total. The van der Waals surface area contributed by atoms with Crippen LogP contribution in [-0.2, 0) is 4.79 Å². The van der Waals surface area contributed by atoms with Crippen LogP contribution in [0.15, 0.2) is 47.8 Å². The second-order valence-electron chi connectivity index (χ2n) is 6.00. The third-order valence-electron chi connectivity index (χ3n) is 4.45. The summed E-state index contributed by atoms with van der Waals surface area (Å²) in [6.07, 6.45) is 0.997. The Bertz CT molecular complexity index is 571. The van der Waals surface area contributed by atoms with Crippen molar-refractivity contribution in [1.29, 1.82) is 0 Å². The number of carbonyl (C=O) groups is 1. The Morgan fingerprint density at radius 3 is 2.45 bits per heavy atom. The van der Waals surface area contributed by atoms with E-state index in [2.05, 4.69) is 43.5 Å². The number of benzene rings is 1. The molecule has 20 heavy (non-hydrogen) atoms. The van der Waals surface area contributed by atoms with Crippen molar-refractivity contribution in [1.82, 2.24) is 0 Å². The van der Waals surface area contributed by atoms with E-state index in [4.69, 9.17) is 0 Å². The SMILES string of the molecule is CC(C)C1CC(c2cccs2)C(c2ccccc2)C1=O. The largest absolute Gasteiger partial charge is 0.299 e. The molecule has 0 spiro atoms. The summed E-state index contributed by atoms with van der Waals surface area (Å²) in [5.74, 6) is 1.47. The maximum absolute atomic E-state index is 12.9. The van der Waals surface area contributed by atoms with Crippen molar-refractivity contribution in [3.05, 3.63) is 58.3 Å². The summed E-state index contributed by atoms with van der Waals surface area (Å²) < 4.78 is 0. The van der Waals surface area contributed by atoms with Crippen molar-refractivity contribution in [2.24, 2.45) is 11.8 Å². The third-order valence-corrected chi connectivity index (χ3v) is 5.46. The van der Waals surface area contributed by atoms with Gasteiger partial charge in [-0.3, -0.25) is 4.79 Å². The van der Waals surface area contributed by atoms with Crippen LogP contribution < -0.4 is 0 Å². The molecule has 1 aromatic carbocycles. The number of rotatable bonds is 3. The predicted molar refractivity (Wildman–Crippen MR) is 84.2 cm³/mol. The van der Waals surface area contributed by atoms with Crippen LogP contribution >= 0.6 is 11.3 Å². The molecule has 0 amide bonds. The predicted octanol–water partition coefficient (Wildman–Crippen LogP) is 4.86. The lowest BCUT2D eigenvalue weighted by Crippen LogP contribution is -2.18. The Morgan fingerprint density at radius 2 is 1.85 bits per heavy atom. The van der Waals surface area contributed by atoms with Gasteiger partial charge in [-0.15, -0.1) is 11.3 Å². The van der Waals surface area contributed by atoms with Gasteiger partial charge in [-0.2, -0.15) is 0 Å². The highest BCUT2D eigenvalue weighted by Crippen LogP contribution is 2.49. The maximum Gasteiger partial charge on any atom is 0.144 e. The molecule has 1 aromatic heterocycles. The van der Waals surface area contributed by atoms with Crippen LogP contribution in [0.4, 0.5) is 0 Å². The zero-order valence-electron chi connectivity index (χ0n) is 12.0. The van der Waals surface area contributed by atoms with E-state index in [1.165, 1.54) is 10.4 Å². The van der Waals surface area contributed by atoms with Crippen LogP contribution in [0, 0.1) is 11.8 Å². The van der Waals surface area contributed by atoms with Gasteiger partial charge in [0, 0.05) is 16.7 Å². The van der Waals surface area contributed by atoms with Crippen LogP contribution in [-0.4, -0.2) is 5.78 Å². The number of carbonyl (C=O) groups excluding carboxylic acids is 1. The van der Waals surface area contributed by atoms with E-state index in [1.807, 2.05) is 18.2 Å². The maximum atomic E-state index is 12.9. The van der Waals surface area contributed by atoms with Crippen molar-refractivity contribution < 1.29 is 4.79 Å². The minimum absolute atomic E-state index is 0.0437. The summed E-state index contributed by atoms with van der Waals surface area (Å²) in [6.45, 7) is 4.34. The van der Waals surface area contributed by atoms with Gasteiger partial charge in [-0.25, -0.2) is 0 Å². The van der Waals surface area contributed by atoms with E-state index in [1.54, 1.807) is 11.3 Å². The molecule has 3 unspecified atom stereocenters. The highest BCUT2D eigenvalue weighted by atomic mass is 32.1. The fourth-order valence-corrected chi connectivity index (χ4v) is 4.27. The van der Waals surface area contributed by atoms with E-state index in [0.29, 0.717) is 17.6 Å². The topological polar surface area (TPSA) is 17.1 Å². The van der Waals surface area contributed by atoms with Gasteiger partial charge in [-0.1, -0.05) is 50.2 Å². The fourth-order valence-electron chi connectivity index (χ4n) is 3.40. The Labute approximate surface area is 124 Å². The Morgan fingerprint density at radius 1 is 1.10 bits per heavy atom. The van der Waals surface area contributed by atoms with Crippen LogP contribution in [0.5, 0.6) is 0 Å². The molecule has 1 aliphatic carbocycles. The number of thiophene rings is 1. The number of ketones is 1. The standard InChI is InChI=1S/C18H20OS/c1-12(2)14-11-15(16-9-6-10-20-16)17(18(14)19)13-7-4-3-5-8-13/h3-10,12,14-15,17H,11H2,1-2H3. The average Bonchev–Trinajstić information content (AvgIpc) is 3.06. The lowest BCUT2D eigenvalue weighted by Gasteiger charge is -2.17. The summed E-state index contributed by atoms with van der Waals surface area (Å²) in [7, 11) is 0. The van der Waals surface area contributed by atoms with E-state index in [9.17, 15) is 4.79 Å². The molecule has 104 valence electrons. The van der Waals surface area contributed by atoms with Crippen molar-refractivity contribution >= 4 is 17.1 Å². The zero-order chi connectivity index (χ0) is 14.1. The molecule has 2 heteroatoms. The highest BCUT2D eigenvalue weighted by Gasteiger charge is 2.44. The number of Topliss-reactive ketones (excluding diaryl/α,β-unsaturated/α-hetero) is 1. The molecule has 0 saturated heterocycles. The van der Waals surface area contributed by atoms with Gasteiger partial charge in [0.1, 0.15) is 5.78 Å². The molecule has 0 bridgehead atoms. The first-order valence-corrected chi connectivity index (χ1v) is 8.18. The van der Waals surface area contributed by atoms with E-state index in [0.717, 1.165) is 6.42 Å². The summed E-state index contributed by atoms with van der Waals surface area (Å²) in [5.41, 5.74) is 1.18. The molecule has 1 aliphatic rings. The van der Waals surface area contributed by atoms with Crippen molar-refractivity contribution in [3.8, 4) is 0 Å². The fraction of sp³-hybridized carbons (Fsp3) is 0.389. The monoisotopic (exact) mass is 284 g/mol. The quantitative estimate of drug-likeness (QED) is 0.786. The minimum atomic E-state index is 0.0437. The molecular formula is C18H20OS. The molecular weight excluding hydrogens is 264 g/mol. The number of hydrogen-bond acceptors (Lipinski definition) is 2. The summed E-state index contributed by atoms with van der Waals surface area (Å²) in [6, 6.07) is 14.6. The molecule has 1 nitrogen and oxygen atoms in total. The summed E-state index contributed by atoms with van der Waals surface area (Å²) in [4.78, 5) is 14.2. The molecule has 1 fully saturated rings. The highest BCUT2D eigenvalue weighted by molar-refractivity contribution is 7.10. The zero-order valence-corrected chi connectivity index (χ0v) is 12.8. The van der Waals surface area contributed by atoms with E-state index < -0.39 is 0 Å². The number of hydrogen-bond donors (Lipinski definition) is 0. The van der Waals surface area contributed by atoms with Gasteiger partial charge in [0.15, 0.2) is 0 Å². The normalized spacial score (nSPS) is 26.4. The Hall–Kier alpha value is -1.41. The average molecular weight is 284 g/mol. The minimum Gasteiger partial charge on any atom is -0.299 e. The molecule has 3 rings (SSSR count). The van der Waals surface area contributed by atoms with Crippen molar-refractivity contribution in [2.75, 3.05) is 0 Å². The van der Waals surface area contributed by atoms with E-state index in [-0.39, 0.29) is 11.8 Å². The first kappa shape index (κ1) is 13.6. The molecule has 0 radical (unpaired) electrons. The van der Waals surface area contributed by atoms with Gasteiger partial charge >= 0.3 is 0 Å². The van der Waals surface area contributed by atoms with E-state index >= 15 is 0 Å². The van der Waals surface area contributed by atoms with Gasteiger partial charge in [0.2, 0.25) is 0 Å². The van der Waals surface area contributed by atoms with Crippen molar-refractivity contribution in [2.45, 2.75) is 32.1 Å². The van der Waals surface area contributed by atoms with Gasteiger partial charge in [0.25, 0.3) is 0 Å². The van der Waals surface area contributed by atoms with Gasteiger partial charge in [-0.05, 0) is 29.3 Å². The molecule has 0 aliphatic heterocycles. The molecule has 1 heterocycles. The van der Waals surface area contributed by atoms with Crippen LogP contribution in [0.2, 0.25) is 0 Å². The second kappa shape index (κ2) is 5.53. The molecule has 3 atom stereocenters. The lowest BCUT2D eigenvalue weighted by molar-refractivity contribution is -0.123. The lowest BCUT2D eigenvalue weighted by atomic mass is 9.87. The Balaban J connectivity index is 2.01. The van der Waals surface area contributed by atoms with Crippen LogP contribution in [0.3, 0.4) is 0 Å². The van der Waals surface area contributed by atoms with Gasteiger partial charge in [0.05, 0.1) is 5.92 Å². The molecule has 1 saturated carbocycles. The first-order chi connectivity index (χ1) is 9.68. The van der Waals surface area contributed by atoms with Crippen LogP contribution in [0.25, 0.3) is 0 Å². The van der Waals surface area contributed by atoms with Crippen molar-refractivity contribution in [3.63, 3.8) is 0 Å². The second-order valence-corrected chi connectivity index (χ2v) is 6.98. The first-order valence-electron chi connectivity index (χ1n) is 7.30. The van der Waals surface area contributed by atoms with Crippen LogP contribution in [0.1, 0.15) is 42.5 Å². The summed E-state index contributed by atoms with van der Waals surface area (Å²) >= 11 is 1.78. The smallest absolute Gasteiger partial charge is 0.144 e. The molecule has 2 aromatic rings. The third kappa shape index (κ3) is 2.33. The summed E-state index contributed by atoms with van der Waals surface area (Å²) in [5, 5.41) is 2.12. The van der Waals surface area contributed by atoms with Gasteiger partial charge < -0.3 is 0 Å². The Kier molecular flexibility index (Phi) is 3.75.